The Bertz CT molecular complexity index is 359. The highest BCUT2D eigenvalue weighted by Crippen LogP contribution is 1.96. The summed E-state index contributed by atoms with van der Waals surface area (Å²) in [5.41, 5.74) is 0.871. The molecule has 18 heavy (non-hydrogen) atoms. The molecule has 0 aliphatic heterocycles. The summed E-state index contributed by atoms with van der Waals surface area (Å²) >= 11 is 0. The standard InChI is InChI=1S/C12H23N5O/c1-4-7-13-8-11-9-17(15-14-11)10-12(18)16(5-2)6-3/h9,13H,4-8,10H2,1-3H3. The van der Waals surface area contributed by atoms with Crippen molar-refractivity contribution in [3.05, 3.63) is 11.9 Å². The van der Waals surface area contributed by atoms with Gasteiger partial charge in [0.25, 0.3) is 0 Å². The summed E-state index contributed by atoms with van der Waals surface area (Å²) in [5, 5.41) is 11.2. The summed E-state index contributed by atoms with van der Waals surface area (Å²) in [5.74, 6) is 0.0815. The van der Waals surface area contributed by atoms with Gasteiger partial charge in [0.15, 0.2) is 0 Å². The van der Waals surface area contributed by atoms with E-state index in [0.29, 0.717) is 6.54 Å². The Kier molecular flexibility index (Phi) is 6.35. The minimum Gasteiger partial charge on any atom is -0.342 e. The first kappa shape index (κ1) is 14.6. The van der Waals surface area contributed by atoms with Gasteiger partial charge in [-0.05, 0) is 26.8 Å². The first-order chi connectivity index (χ1) is 8.71. The van der Waals surface area contributed by atoms with Gasteiger partial charge in [0.05, 0.1) is 11.9 Å². The molecule has 0 spiro atoms. The second kappa shape index (κ2) is 7.81. The van der Waals surface area contributed by atoms with E-state index >= 15 is 0 Å². The predicted octanol–water partition coefficient (Wildman–Crippen LogP) is 0.646. The molecule has 1 heterocycles. The molecule has 0 aliphatic carbocycles. The summed E-state index contributed by atoms with van der Waals surface area (Å²) in [6.07, 6.45) is 2.92. The Morgan fingerprint density at radius 3 is 2.72 bits per heavy atom. The molecule has 0 aliphatic rings. The van der Waals surface area contributed by atoms with E-state index in [1.165, 1.54) is 0 Å². The molecule has 0 saturated carbocycles. The van der Waals surface area contributed by atoms with Crippen LogP contribution in [0.15, 0.2) is 6.20 Å². The summed E-state index contributed by atoms with van der Waals surface area (Å²) in [7, 11) is 0. The molecule has 0 saturated heterocycles. The van der Waals surface area contributed by atoms with Crippen LogP contribution in [0.4, 0.5) is 0 Å². The van der Waals surface area contributed by atoms with Gasteiger partial charge in [0.1, 0.15) is 6.54 Å². The van der Waals surface area contributed by atoms with Gasteiger partial charge in [-0.1, -0.05) is 12.1 Å². The lowest BCUT2D eigenvalue weighted by Crippen LogP contribution is -2.33. The van der Waals surface area contributed by atoms with Crippen LogP contribution in [0.5, 0.6) is 0 Å². The van der Waals surface area contributed by atoms with Gasteiger partial charge < -0.3 is 10.2 Å². The van der Waals surface area contributed by atoms with Gasteiger partial charge in [-0.2, -0.15) is 0 Å². The van der Waals surface area contributed by atoms with E-state index < -0.39 is 0 Å². The lowest BCUT2D eigenvalue weighted by molar-refractivity contribution is -0.131. The number of rotatable bonds is 8. The van der Waals surface area contributed by atoms with Crippen molar-refractivity contribution in [2.24, 2.45) is 0 Å². The fraction of sp³-hybridized carbons (Fsp3) is 0.750. The second-order valence-electron chi connectivity index (χ2n) is 4.15. The first-order valence-electron chi connectivity index (χ1n) is 6.58. The number of nitrogens with zero attached hydrogens (tertiary/aromatic N) is 4. The molecule has 0 atom stereocenters. The quantitative estimate of drug-likeness (QED) is 0.691. The highest BCUT2D eigenvalue weighted by atomic mass is 16.2. The van der Waals surface area contributed by atoms with E-state index in [2.05, 4.69) is 22.6 Å². The highest BCUT2D eigenvalue weighted by molar-refractivity contribution is 5.75. The van der Waals surface area contributed by atoms with Crippen LogP contribution in [0.2, 0.25) is 0 Å². The van der Waals surface area contributed by atoms with Gasteiger partial charge in [0, 0.05) is 19.6 Å². The van der Waals surface area contributed by atoms with Crippen molar-refractivity contribution in [2.75, 3.05) is 19.6 Å². The van der Waals surface area contributed by atoms with Crippen LogP contribution >= 0.6 is 0 Å². The zero-order valence-corrected chi connectivity index (χ0v) is 11.5. The van der Waals surface area contributed by atoms with Crippen LogP contribution in [0.25, 0.3) is 0 Å². The van der Waals surface area contributed by atoms with E-state index in [1.54, 1.807) is 9.58 Å². The fourth-order valence-electron chi connectivity index (χ4n) is 1.70. The van der Waals surface area contributed by atoms with Gasteiger partial charge in [-0.15, -0.1) is 5.10 Å². The van der Waals surface area contributed by atoms with Gasteiger partial charge in [0.2, 0.25) is 5.91 Å². The minimum absolute atomic E-state index is 0.0815. The fourth-order valence-corrected chi connectivity index (χ4v) is 1.70. The molecule has 1 amide bonds. The topological polar surface area (TPSA) is 63.1 Å². The van der Waals surface area contributed by atoms with E-state index in [0.717, 1.165) is 31.7 Å². The van der Waals surface area contributed by atoms with Crippen LogP contribution in [0, 0.1) is 0 Å². The highest BCUT2D eigenvalue weighted by Gasteiger charge is 2.11. The molecular formula is C12H23N5O. The lowest BCUT2D eigenvalue weighted by atomic mass is 10.4. The van der Waals surface area contributed by atoms with Crippen molar-refractivity contribution in [1.29, 1.82) is 0 Å². The second-order valence-corrected chi connectivity index (χ2v) is 4.15. The molecule has 1 rings (SSSR count). The minimum atomic E-state index is 0.0815. The summed E-state index contributed by atoms with van der Waals surface area (Å²) < 4.78 is 1.60. The van der Waals surface area contributed by atoms with Gasteiger partial charge in [-0.3, -0.25) is 4.79 Å². The number of carbonyl (C=O) groups is 1. The van der Waals surface area contributed by atoms with Gasteiger partial charge >= 0.3 is 0 Å². The Balaban J connectivity index is 2.45. The molecule has 102 valence electrons. The Labute approximate surface area is 108 Å². The third-order valence-electron chi connectivity index (χ3n) is 2.73. The maximum Gasteiger partial charge on any atom is 0.244 e. The average Bonchev–Trinajstić information content (AvgIpc) is 2.79. The summed E-state index contributed by atoms with van der Waals surface area (Å²) in [6.45, 7) is 9.46. The SMILES string of the molecule is CCCNCc1cn(CC(=O)N(CC)CC)nn1. The van der Waals surface area contributed by atoms with E-state index in [4.69, 9.17) is 0 Å². The first-order valence-corrected chi connectivity index (χ1v) is 6.58. The zero-order valence-electron chi connectivity index (χ0n) is 11.5. The molecule has 0 unspecified atom stereocenters. The number of carbonyl (C=O) groups excluding carboxylic acids is 1. The van der Waals surface area contributed by atoms with Crippen LogP contribution in [-0.2, 0) is 17.9 Å². The van der Waals surface area contributed by atoms with Crippen LogP contribution in [-0.4, -0.2) is 45.4 Å². The third kappa shape index (κ3) is 4.44. The zero-order chi connectivity index (χ0) is 13.4. The summed E-state index contributed by atoms with van der Waals surface area (Å²) in [4.78, 5) is 13.7. The number of aromatic nitrogens is 3. The third-order valence-corrected chi connectivity index (χ3v) is 2.73. The van der Waals surface area contributed by atoms with Crippen molar-refractivity contribution in [1.82, 2.24) is 25.2 Å². The van der Waals surface area contributed by atoms with Gasteiger partial charge in [-0.25, -0.2) is 4.68 Å². The van der Waals surface area contributed by atoms with Crippen molar-refractivity contribution in [3.63, 3.8) is 0 Å². The lowest BCUT2D eigenvalue weighted by Gasteiger charge is -2.17. The largest absolute Gasteiger partial charge is 0.342 e. The van der Waals surface area contributed by atoms with Crippen LogP contribution in [0.1, 0.15) is 32.9 Å². The van der Waals surface area contributed by atoms with Crippen LogP contribution in [0.3, 0.4) is 0 Å². The van der Waals surface area contributed by atoms with E-state index in [9.17, 15) is 4.79 Å². The number of likely N-dealkylation sites (N-methyl/N-ethyl adjacent to an activating group) is 1. The van der Waals surface area contributed by atoms with Crippen molar-refractivity contribution in [3.8, 4) is 0 Å². The average molecular weight is 253 g/mol. The molecule has 1 aromatic heterocycles. The van der Waals surface area contributed by atoms with E-state index in [-0.39, 0.29) is 12.5 Å². The summed E-state index contributed by atoms with van der Waals surface area (Å²) in [6, 6.07) is 0. The van der Waals surface area contributed by atoms with Crippen LogP contribution < -0.4 is 5.32 Å². The number of amides is 1. The predicted molar refractivity (Wildman–Crippen MR) is 69.9 cm³/mol. The van der Waals surface area contributed by atoms with E-state index in [1.807, 2.05) is 20.0 Å². The molecule has 0 fully saturated rings. The molecule has 1 aromatic rings. The number of hydrogen-bond acceptors (Lipinski definition) is 4. The maximum atomic E-state index is 11.9. The molecular weight excluding hydrogens is 230 g/mol. The molecule has 6 heteroatoms. The molecule has 0 aromatic carbocycles. The van der Waals surface area contributed by atoms with Crippen molar-refractivity contribution in [2.45, 2.75) is 40.3 Å². The normalized spacial score (nSPS) is 10.6. The molecule has 0 radical (unpaired) electrons. The molecule has 6 nitrogen and oxygen atoms in total. The number of hydrogen-bond donors (Lipinski definition) is 1. The Morgan fingerprint density at radius 1 is 1.39 bits per heavy atom. The van der Waals surface area contributed by atoms with Crippen molar-refractivity contribution >= 4 is 5.91 Å². The monoisotopic (exact) mass is 253 g/mol. The molecule has 1 N–H and O–H groups in total. The van der Waals surface area contributed by atoms with Crippen molar-refractivity contribution < 1.29 is 4.79 Å². The number of nitrogens with one attached hydrogen (secondary N) is 1. The Morgan fingerprint density at radius 2 is 2.11 bits per heavy atom. The molecule has 0 bridgehead atoms. The Hall–Kier alpha value is -1.43. The maximum absolute atomic E-state index is 11.9. The smallest absolute Gasteiger partial charge is 0.244 e.